The summed E-state index contributed by atoms with van der Waals surface area (Å²) < 4.78 is 0. The van der Waals surface area contributed by atoms with Crippen LogP contribution in [0.3, 0.4) is 0 Å². The first kappa shape index (κ1) is 44.8. The summed E-state index contributed by atoms with van der Waals surface area (Å²) >= 11 is 0. The van der Waals surface area contributed by atoms with E-state index in [9.17, 15) is 0 Å². The molecule has 37 valence electrons. The smallest absolute Gasteiger partial charge is 0 e. The van der Waals surface area contributed by atoms with Gasteiger partial charge in [0.15, 0.2) is 0 Å². The van der Waals surface area contributed by atoms with E-state index in [1.54, 1.807) is 0 Å². The van der Waals surface area contributed by atoms with Crippen molar-refractivity contribution in [3.8, 4) is 0 Å². The Bertz CT molecular complexity index is 8.75. The minimum Gasteiger partial charge on any atom is -0.197 e. The standard InChI is InChI=1S/Eu.3H2S.2Y/h;3*1H2;;. The Morgan fingerprint density at radius 1 is 0.500 bits per heavy atom. The molecule has 0 aliphatic heterocycles. The fraction of sp³-hybridized carbons (Fsp3) is 0. The predicted octanol–water partition coefficient (Wildman–Crippen LogP) is 0.333. The second-order valence-corrected chi connectivity index (χ2v) is 0. The maximum atomic E-state index is 0. The van der Waals surface area contributed by atoms with E-state index in [-0.39, 0.29) is 155 Å². The first-order valence-electron chi connectivity index (χ1n) is 0. The van der Waals surface area contributed by atoms with Crippen LogP contribution in [0.4, 0.5) is 0 Å². The molecule has 0 saturated carbocycles. The van der Waals surface area contributed by atoms with Crippen LogP contribution in [-0.2, 0) is 65.4 Å². The number of hydrogen-bond acceptors (Lipinski definition) is 0. The fourth-order valence-corrected chi connectivity index (χ4v) is 0. The Labute approximate surface area is 151 Å². The van der Waals surface area contributed by atoms with Crippen LogP contribution in [0.25, 0.3) is 0 Å². The zero-order chi connectivity index (χ0) is 0. The monoisotopic (exact) mass is 433 g/mol. The minimum absolute atomic E-state index is 0. The normalized spacial score (nSPS) is 0. The van der Waals surface area contributed by atoms with Crippen molar-refractivity contribution in [3.63, 3.8) is 0 Å². The average Bonchev–Trinajstić information content (AvgIpc) is 0. The molecule has 6 heavy (non-hydrogen) atoms. The maximum Gasteiger partial charge on any atom is 0 e. The Kier molecular flexibility index (Phi) is 245. The van der Waals surface area contributed by atoms with Crippen molar-refractivity contribution in [2.24, 2.45) is 0 Å². The van der Waals surface area contributed by atoms with Gasteiger partial charge < -0.3 is 0 Å². The molecule has 0 aliphatic rings. The molecule has 6 heteroatoms. The average molecular weight is 432 g/mol. The molecular formula is H6EuS3Y2. The third-order valence-electron chi connectivity index (χ3n) is 0. The molecule has 0 atom stereocenters. The van der Waals surface area contributed by atoms with Crippen molar-refractivity contribution in [2.45, 2.75) is 0 Å². The van der Waals surface area contributed by atoms with Crippen molar-refractivity contribution in [1.29, 1.82) is 0 Å². The van der Waals surface area contributed by atoms with Gasteiger partial charge in [-0.2, -0.15) is 40.5 Å². The van der Waals surface area contributed by atoms with E-state index in [0.29, 0.717) is 0 Å². The minimum atomic E-state index is 0. The largest absolute Gasteiger partial charge is 0.197 e. The summed E-state index contributed by atoms with van der Waals surface area (Å²) in [6, 6.07) is 0. The van der Waals surface area contributed by atoms with Crippen molar-refractivity contribution < 1.29 is 115 Å². The van der Waals surface area contributed by atoms with Crippen LogP contribution in [0, 0.1) is 49.4 Å². The molecule has 0 aromatic rings. The van der Waals surface area contributed by atoms with Gasteiger partial charge in [0.05, 0.1) is 0 Å². The summed E-state index contributed by atoms with van der Waals surface area (Å²) in [5, 5.41) is 0. The van der Waals surface area contributed by atoms with Gasteiger partial charge >= 0.3 is 0 Å². The molecule has 0 spiro atoms. The Morgan fingerprint density at radius 2 is 0.500 bits per heavy atom. The molecule has 0 bridgehead atoms. The molecule has 0 rings (SSSR count). The van der Waals surface area contributed by atoms with Gasteiger partial charge in [-0.1, -0.05) is 0 Å². The second kappa shape index (κ2) is 32.8. The van der Waals surface area contributed by atoms with Crippen molar-refractivity contribution in [1.82, 2.24) is 0 Å². The van der Waals surface area contributed by atoms with Gasteiger partial charge in [0.2, 0.25) is 0 Å². The predicted molar refractivity (Wildman–Crippen MR) is 31.1 cm³/mol. The van der Waals surface area contributed by atoms with Crippen molar-refractivity contribution >= 4 is 40.5 Å². The quantitative estimate of drug-likeness (QED) is 0.518. The van der Waals surface area contributed by atoms with Gasteiger partial charge in [0.25, 0.3) is 0 Å². The molecule has 3 radical (unpaired) electrons. The van der Waals surface area contributed by atoms with Crippen LogP contribution >= 0.6 is 40.5 Å². The van der Waals surface area contributed by atoms with Crippen LogP contribution in [0.2, 0.25) is 0 Å². The first-order valence-corrected chi connectivity index (χ1v) is 0. The molecule has 0 heterocycles. The topological polar surface area (TPSA) is 0 Å². The molecule has 0 N–H and O–H groups in total. The van der Waals surface area contributed by atoms with E-state index < -0.39 is 0 Å². The molecule has 0 aromatic heterocycles. The van der Waals surface area contributed by atoms with Gasteiger partial charge in [-0.25, -0.2) is 0 Å². The van der Waals surface area contributed by atoms with Crippen LogP contribution in [0.5, 0.6) is 0 Å². The Balaban J connectivity index is 0. The molecule has 0 nitrogen and oxygen atoms in total. The third-order valence-corrected chi connectivity index (χ3v) is 0. The summed E-state index contributed by atoms with van der Waals surface area (Å²) in [4.78, 5) is 0. The van der Waals surface area contributed by atoms with Gasteiger partial charge in [0.1, 0.15) is 0 Å². The van der Waals surface area contributed by atoms with Gasteiger partial charge in [0, 0.05) is 115 Å². The summed E-state index contributed by atoms with van der Waals surface area (Å²) in [5.41, 5.74) is 0. The summed E-state index contributed by atoms with van der Waals surface area (Å²) in [6.45, 7) is 0. The molecule has 0 unspecified atom stereocenters. The Hall–Kier alpha value is 4.84. The van der Waals surface area contributed by atoms with Crippen LogP contribution in [0.15, 0.2) is 0 Å². The Morgan fingerprint density at radius 3 is 0.500 bits per heavy atom. The van der Waals surface area contributed by atoms with Gasteiger partial charge in [-0.05, 0) is 0 Å². The number of hydrogen-bond donors (Lipinski definition) is 0. The number of rotatable bonds is 0. The molecule has 0 aliphatic carbocycles. The molecular weight excluding hydrogens is 426 g/mol. The molecule has 0 amide bonds. The second-order valence-electron chi connectivity index (χ2n) is 0. The zero-order valence-electron chi connectivity index (χ0n) is 3.03. The fourth-order valence-electron chi connectivity index (χ4n) is 0. The van der Waals surface area contributed by atoms with Crippen molar-refractivity contribution in [2.75, 3.05) is 0 Å². The van der Waals surface area contributed by atoms with Crippen LogP contribution in [0.1, 0.15) is 0 Å². The molecule has 0 saturated heterocycles. The third kappa shape index (κ3) is 23.2. The maximum absolute atomic E-state index is 0. The van der Waals surface area contributed by atoms with E-state index in [1.165, 1.54) is 0 Å². The molecule has 0 aromatic carbocycles. The van der Waals surface area contributed by atoms with Crippen molar-refractivity contribution in [3.05, 3.63) is 0 Å². The van der Waals surface area contributed by atoms with E-state index in [1.807, 2.05) is 0 Å². The summed E-state index contributed by atoms with van der Waals surface area (Å²) in [6.07, 6.45) is 0. The van der Waals surface area contributed by atoms with E-state index in [0.717, 1.165) is 0 Å². The van der Waals surface area contributed by atoms with E-state index in [4.69, 9.17) is 0 Å². The molecule has 0 fully saturated rings. The summed E-state index contributed by atoms with van der Waals surface area (Å²) in [5.74, 6) is 0. The first-order chi connectivity index (χ1) is 0. The van der Waals surface area contributed by atoms with Gasteiger partial charge in [-0.3, -0.25) is 0 Å². The SMILES string of the molecule is S.S.S.[Eu].[Y].[Y]. The zero-order valence-corrected chi connectivity index (χ0v) is 14.1. The van der Waals surface area contributed by atoms with E-state index in [2.05, 4.69) is 0 Å². The van der Waals surface area contributed by atoms with Gasteiger partial charge in [-0.15, -0.1) is 0 Å². The van der Waals surface area contributed by atoms with Crippen LogP contribution < -0.4 is 0 Å². The summed E-state index contributed by atoms with van der Waals surface area (Å²) in [7, 11) is 0. The van der Waals surface area contributed by atoms with Crippen LogP contribution in [-0.4, -0.2) is 0 Å². The van der Waals surface area contributed by atoms with E-state index >= 15 is 0 Å².